The van der Waals surface area contributed by atoms with Crippen molar-refractivity contribution < 1.29 is 0 Å². The third kappa shape index (κ3) is 1.15. The highest BCUT2D eigenvalue weighted by molar-refractivity contribution is 5.85. The number of nitriles is 1. The second-order valence-electron chi connectivity index (χ2n) is 2.79. The van der Waals surface area contributed by atoms with Crippen LogP contribution in [-0.2, 0) is 0 Å². The zero-order valence-corrected chi connectivity index (χ0v) is 6.99. The molecule has 0 atom stereocenters. The smallest absolute Gasteiger partial charge is 0.102 e. The molecule has 2 rings (SSSR count). The Bertz CT molecular complexity index is 495. The summed E-state index contributed by atoms with van der Waals surface area (Å²) in [6.07, 6.45) is 1.68. The van der Waals surface area contributed by atoms with Crippen LogP contribution in [0, 0.1) is 18.3 Å². The Hall–Kier alpha value is -1.88. The van der Waals surface area contributed by atoms with E-state index in [1.807, 2.05) is 24.3 Å². The van der Waals surface area contributed by atoms with Crippen molar-refractivity contribution in [2.75, 3.05) is 0 Å². The predicted octanol–water partition coefficient (Wildman–Crippen LogP) is 2.29. The van der Waals surface area contributed by atoms with Crippen LogP contribution in [0.3, 0.4) is 0 Å². The number of hydrogen-bond acceptors (Lipinski definition) is 2. The second-order valence-corrected chi connectivity index (χ2v) is 2.79. The normalized spacial score (nSPS) is 9.85. The summed E-state index contributed by atoms with van der Waals surface area (Å²) >= 11 is 0. The fraction of sp³-hybridized carbons (Fsp3) is 0. The average molecular weight is 167 g/mol. The first-order valence-corrected chi connectivity index (χ1v) is 3.92. The van der Waals surface area contributed by atoms with Gasteiger partial charge in [0.05, 0.1) is 11.1 Å². The van der Waals surface area contributed by atoms with Crippen molar-refractivity contribution in [1.82, 2.24) is 4.98 Å². The molecule has 0 fully saturated rings. The van der Waals surface area contributed by atoms with E-state index in [2.05, 4.69) is 18.0 Å². The molecule has 13 heavy (non-hydrogen) atoms. The minimum atomic E-state index is 0.568. The van der Waals surface area contributed by atoms with Gasteiger partial charge in [0.15, 0.2) is 0 Å². The summed E-state index contributed by atoms with van der Waals surface area (Å²) in [6, 6.07) is 9.66. The van der Waals surface area contributed by atoms with Gasteiger partial charge in [-0.05, 0) is 18.6 Å². The number of rotatable bonds is 0. The molecule has 0 aliphatic rings. The van der Waals surface area contributed by atoms with Crippen LogP contribution in [-0.4, -0.2) is 4.98 Å². The summed E-state index contributed by atoms with van der Waals surface area (Å²) in [6.45, 7) is 3.78. The maximum atomic E-state index is 8.89. The molecule has 1 aromatic heterocycles. The predicted molar refractivity (Wildman–Crippen MR) is 50.9 cm³/mol. The Morgan fingerprint density at radius 2 is 2.15 bits per heavy atom. The molecule has 2 aromatic rings. The van der Waals surface area contributed by atoms with Gasteiger partial charge in [-0.2, -0.15) is 5.26 Å². The SMILES string of the molecule is [CH2]c1ccc2cccnc2c1C#N. The van der Waals surface area contributed by atoms with Gasteiger partial charge in [-0.15, -0.1) is 0 Å². The number of hydrogen-bond donors (Lipinski definition) is 0. The van der Waals surface area contributed by atoms with Crippen LogP contribution in [0.5, 0.6) is 0 Å². The van der Waals surface area contributed by atoms with Gasteiger partial charge in [0.2, 0.25) is 0 Å². The van der Waals surface area contributed by atoms with Crippen LogP contribution in [0.2, 0.25) is 0 Å². The monoisotopic (exact) mass is 167 g/mol. The Labute approximate surface area is 76.5 Å². The van der Waals surface area contributed by atoms with Gasteiger partial charge >= 0.3 is 0 Å². The van der Waals surface area contributed by atoms with E-state index in [-0.39, 0.29) is 0 Å². The standard InChI is InChI=1S/C11H7N2/c1-8-4-5-9-3-2-6-13-11(9)10(8)7-12/h2-6H,1H2. The largest absolute Gasteiger partial charge is 0.255 e. The van der Waals surface area contributed by atoms with Crippen molar-refractivity contribution in [3.8, 4) is 6.07 Å². The molecule has 2 nitrogen and oxygen atoms in total. The van der Waals surface area contributed by atoms with Crippen LogP contribution in [0.15, 0.2) is 30.5 Å². The minimum absolute atomic E-state index is 0.568. The van der Waals surface area contributed by atoms with Crippen LogP contribution >= 0.6 is 0 Å². The lowest BCUT2D eigenvalue weighted by molar-refractivity contribution is 1.38. The van der Waals surface area contributed by atoms with E-state index in [4.69, 9.17) is 5.26 Å². The van der Waals surface area contributed by atoms with Crippen molar-refractivity contribution in [3.05, 3.63) is 48.5 Å². The molecular weight excluding hydrogens is 160 g/mol. The molecule has 0 saturated carbocycles. The molecule has 0 aliphatic carbocycles. The van der Waals surface area contributed by atoms with Crippen LogP contribution < -0.4 is 0 Å². The van der Waals surface area contributed by atoms with E-state index in [1.54, 1.807) is 6.20 Å². The Morgan fingerprint density at radius 3 is 2.92 bits per heavy atom. The number of aromatic nitrogens is 1. The van der Waals surface area contributed by atoms with Gasteiger partial charge < -0.3 is 0 Å². The summed E-state index contributed by atoms with van der Waals surface area (Å²) in [5.74, 6) is 0. The quantitative estimate of drug-likeness (QED) is 0.603. The van der Waals surface area contributed by atoms with E-state index in [0.29, 0.717) is 5.56 Å². The van der Waals surface area contributed by atoms with Crippen molar-refractivity contribution >= 4 is 10.9 Å². The summed E-state index contributed by atoms with van der Waals surface area (Å²) < 4.78 is 0. The average Bonchev–Trinajstić information content (AvgIpc) is 2.18. The first kappa shape index (κ1) is 7.75. The second kappa shape index (κ2) is 2.87. The Balaban J connectivity index is 2.94. The van der Waals surface area contributed by atoms with E-state index in [1.165, 1.54) is 0 Å². The molecule has 1 aromatic carbocycles. The van der Waals surface area contributed by atoms with Crippen LogP contribution in [0.4, 0.5) is 0 Å². The molecule has 1 radical (unpaired) electrons. The van der Waals surface area contributed by atoms with Gasteiger partial charge in [0, 0.05) is 11.6 Å². The van der Waals surface area contributed by atoms with Gasteiger partial charge in [0.1, 0.15) is 6.07 Å². The van der Waals surface area contributed by atoms with Gasteiger partial charge in [0.25, 0.3) is 0 Å². The highest BCUT2D eigenvalue weighted by Gasteiger charge is 2.03. The van der Waals surface area contributed by atoms with E-state index < -0.39 is 0 Å². The number of nitrogens with zero attached hydrogens (tertiary/aromatic N) is 2. The molecule has 0 amide bonds. The molecule has 0 N–H and O–H groups in total. The Kier molecular flexibility index (Phi) is 1.71. The topological polar surface area (TPSA) is 36.7 Å². The van der Waals surface area contributed by atoms with Crippen LogP contribution in [0.1, 0.15) is 11.1 Å². The molecule has 1 heterocycles. The summed E-state index contributed by atoms with van der Waals surface area (Å²) in [4.78, 5) is 4.15. The summed E-state index contributed by atoms with van der Waals surface area (Å²) in [5.41, 5.74) is 2.03. The number of benzene rings is 1. The number of fused-ring (bicyclic) bond motifs is 1. The lowest BCUT2D eigenvalue weighted by atomic mass is 10.1. The summed E-state index contributed by atoms with van der Waals surface area (Å²) in [7, 11) is 0. The molecular formula is C11H7N2. The van der Waals surface area contributed by atoms with Crippen molar-refractivity contribution in [2.45, 2.75) is 0 Å². The van der Waals surface area contributed by atoms with Gasteiger partial charge in [-0.1, -0.05) is 18.2 Å². The van der Waals surface area contributed by atoms with Crippen molar-refractivity contribution in [3.63, 3.8) is 0 Å². The maximum absolute atomic E-state index is 8.89. The molecule has 0 bridgehead atoms. The third-order valence-electron chi connectivity index (χ3n) is 1.97. The molecule has 0 aliphatic heterocycles. The highest BCUT2D eigenvalue weighted by atomic mass is 14.6. The zero-order valence-electron chi connectivity index (χ0n) is 6.99. The molecule has 0 spiro atoms. The van der Waals surface area contributed by atoms with Gasteiger partial charge in [-0.25, -0.2) is 0 Å². The Morgan fingerprint density at radius 1 is 1.31 bits per heavy atom. The summed E-state index contributed by atoms with van der Waals surface area (Å²) in [5, 5.41) is 9.86. The molecule has 0 saturated heterocycles. The van der Waals surface area contributed by atoms with Crippen LogP contribution in [0.25, 0.3) is 10.9 Å². The van der Waals surface area contributed by atoms with Crippen molar-refractivity contribution in [1.29, 1.82) is 5.26 Å². The maximum Gasteiger partial charge on any atom is 0.102 e. The first-order chi connectivity index (χ1) is 6.33. The highest BCUT2D eigenvalue weighted by Crippen LogP contribution is 2.18. The van der Waals surface area contributed by atoms with E-state index in [9.17, 15) is 0 Å². The van der Waals surface area contributed by atoms with Crippen molar-refractivity contribution in [2.24, 2.45) is 0 Å². The van der Waals surface area contributed by atoms with Gasteiger partial charge in [-0.3, -0.25) is 4.98 Å². The lowest BCUT2D eigenvalue weighted by Gasteiger charge is -2.00. The zero-order chi connectivity index (χ0) is 9.26. The van der Waals surface area contributed by atoms with E-state index in [0.717, 1.165) is 16.5 Å². The number of pyridine rings is 1. The first-order valence-electron chi connectivity index (χ1n) is 3.92. The fourth-order valence-corrected chi connectivity index (χ4v) is 1.31. The molecule has 0 unspecified atom stereocenters. The minimum Gasteiger partial charge on any atom is -0.255 e. The molecule has 61 valence electrons. The van der Waals surface area contributed by atoms with E-state index >= 15 is 0 Å². The fourth-order valence-electron chi connectivity index (χ4n) is 1.31. The lowest BCUT2D eigenvalue weighted by Crippen LogP contribution is -1.87. The third-order valence-corrected chi connectivity index (χ3v) is 1.97. The molecule has 2 heteroatoms.